The van der Waals surface area contributed by atoms with E-state index in [2.05, 4.69) is 27.4 Å². The molecule has 1 unspecified atom stereocenters. The predicted molar refractivity (Wildman–Crippen MR) is 119 cm³/mol. The fraction of sp³-hybridized carbons (Fsp3) is 0.250. The first-order valence-corrected chi connectivity index (χ1v) is 10.6. The highest BCUT2D eigenvalue weighted by molar-refractivity contribution is 5.98. The van der Waals surface area contributed by atoms with Crippen molar-refractivity contribution in [3.63, 3.8) is 0 Å². The SMILES string of the molecule is Cc1ccc(-n2nccn2)c(C(=O)N2CCOCC2Cc2cccc(-n3cccn3)c2)c1. The Morgan fingerprint density at radius 2 is 1.94 bits per heavy atom. The summed E-state index contributed by atoms with van der Waals surface area (Å²) in [5.41, 5.74) is 4.41. The van der Waals surface area contributed by atoms with Gasteiger partial charge in [-0.25, -0.2) is 4.68 Å². The van der Waals surface area contributed by atoms with E-state index >= 15 is 0 Å². The van der Waals surface area contributed by atoms with E-state index in [1.165, 1.54) is 4.80 Å². The van der Waals surface area contributed by atoms with Gasteiger partial charge in [0, 0.05) is 18.9 Å². The first-order chi connectivity index (χ1) is 15.7. The number of morpholine rings is 1. The Labute approximate surface area is 186 Å². The molecule has 162 valence electrons. The third-order valence-corrected chi connectivity index (χ3v) is 5.66. The van der Waals surface area contributed by atoms with E-state index in [4.69, 9.17) is 4.74 Å². The molecule has 1 aliphatic rings. The number of ether oxygens (including phenoxy) is 1. The average Bonchev–Trinajstić information content (AvgIpc) is 3.54. The molecule has 1 atom stereocenters. The second-order valence-corrected chi connectivity index (χ2v) is 7.89. The Bertz CT molecular complexity index is 1200. The molecule has 2 aromatic carbocycles. The van der Waals surface area contributed by atoms with Crippen molar-refractivity contribution in [2.24, 2.45) is 0 Å². The van der Waals surface area contributed by atoms with Crippen LogP contribution >= 0.6 is 0 Å². The van der Waals surface area contributed by atoms with E-state index in [0.717, 1.165) is 16.8 Å². The third-order valence-electron chi connectivity index (χ3n) is 5.66. The molecule has 2 aromatic heterocycles. The van der Waals surface area contributed by atoms with Crippen LogP contribution in [0.3, 0.4) is 0 Å². The van der Waals surface area contributed by atoms with Crippen LogP contribution < -0.4 is 0 Å². The fourth-order valence-electron chi connectivity index (χ4n) is 4.10. The highest BCUT2D eigenvalue weighted by Crippen LogP contribution is 2.22. The smallest absolute Gasteiger partial charge is 0.256 e. The molecule has 3 heterocycles. The molecule has 1 amide bonds. The normalized spacial score (nSPS) is 16.3. The molecule has 8 nitrogen and oxygen atoms in total. The minimum atomic E-state index is -0.0666. The number of aryl methyl sites for hydroxylation is 1. The van der Waals surface area contributed by atoms with E-state index in [0.29, 0.717) is 37.4 Å². The van der Waals surface area contributed by atoms with Gasteiger partial charge in [-0.3, -0.25) is 4.79 Å². The van der Waals surface area contributed by atoms with Crippen molar-refractivity contribution in [1.29, 1.82) is 0 Å². The average molecular weight is 428 g/mol. The number of carbonyl (C=O) groups excluding carboxylic acids is 1. The van der Waals surface area contributed by atoms with Crippen LogP contribution in [0.2, 0.25) is 0 Å². The lowest BCUT2D eigenvalue weighted by molar-refractivity contribution is -0.00165. The number of rotatable bonds is 5. The van der Waals surface area contributed by atoms with Crippen LogP contribution in [0.5, 0.6) is 0 Å². The van der Waals surface area contributed by atoms with Crippen LogP contribution in [-0.2, 0) is 11.2 Å². The molecule has 0 radical (unpaired) electrons. The van der Waals surface area contributed by atoms with Gasteiger partial charge in [-0.15, -0.1) is 0 Å². The third kappa shape index (κ3) is 4.04. The summed E-state index contributed by atoms with van der Waals surface area (Å²) in [5, 5.41) is 12.8. The highest BCUT2D eigenvalue weighted by atomic mass is 16.5. The van der Waals surface area contributed by atoms with Gasteiger partial charge in [-0.2, -0.15) is 20.1 Å². The van der Waals surface area contributed by atoms with Crippen molar-refractivity contribution in [3.8, 4) is 11.4 Å². The number of nitrogens with zero attached hydrogens (tertiary/aromatic N) is 6. The molecule has 0 spiro atoms. The van der Waals surface area contributed by atoms with Crippen LogP contribution in [-0.4, -0.2) is 61.4 Å². The number of carbonyl (C=O) groups is 1. The molecule has 4 aromatic rings. The second kappa shape index (κ2) is 8.76. The maximum atomic E-state index is 13.7. The number of benzene rings is 2. The zero-order valence-electron chi connectivity index (χ0n) is 17.8. The zero-order chi connectivity index (χ0) is 21.9. The van der Waals surface area contributed by atoms with Crippen LogP contribution in [0.1, 0.15) is 21.5 Å². The van der Waals surface area contributed by atoms with Gasteiger partial charge in [0.1, 0.15) is 0 Å². The summed E-state index contributed by atoms with van der Waals surface area (Å²) in [5.74, 6) is -0.0301. The molecule has 1 saturated heterocycles. The molecular weight excluding hydrogens is 404 g/mol. The largest absolute Gasteiger partial charge is 0.377 e. The molecule has 32 heavy (non-hydrogen) atoms. The number of hydrogen-bond donors (Lipinski definition) is 0. The van der Waals surface area contributed by atoms with E-state index in [9.17, 15) is 4.79 Å². The summed E-state index contributed by atoms with van der Waals surface area (Å²) in [6, 6.07) is 15.8. The molecule has 0 N–H and O–H groups in total. The van der Waals surface area contributed by atoms with Crippen molar-refractivity contribution in [3.05, 3.63) is 90.0 Å². The van der Waals surface area contributed by atoms with E-state index < -0.39 is 0 Å². The van der Waals surface area contributed by atoms with E-state index in [1.807, 2.05) is 59.1 Å². The Hall–Kier alpha value is -3.78. The maximum Gasteiger partial charge on any atom is 0.256 e. The quantitative estimate of drug-likeness (QED) is 0.489. The first kappa shape index (κ1) is 20.1. The molecule has 0 aliphatic carbocycles. The molecule has 1 aliphatic heterocycles. The van der Waals surface area contributed by atoms with Gasteiger partial charge in [-0.05, 0) is 49.2 Å². The summed E-state index contributed by atoms with van der Waals surface area (Å²) in [7, 11) is 0. The lowest BCUT2D eigenvalue weighted by Crippen LogP contribution is -2.50. The van der Waals surface area contributed by atoms with Crippen LogP contribution in [0, 0.1) is 6.92 Å². The predicted octanol–water partition coefficient (Wildman–Crippen LogP) is 2.85. The van der Waals surface area contributed by atoms with Crippen LogP contribution in [0.25, 0.3) is 11.4 Å². The number of amides is 1. The zero-order valence-corrected chi connectivity index (χ0v) is 17.8. The Balaban J connectivity index is 1.43. The van der Waals surface area contributed by atoms with Gasteiger partial charge in [0.2, 0.25) is 0 Å². The molecule has 5 rings (SSSR count). The summed E-state index contributed by atoms with van der Waals surface area (Å²) >= 11 is 0. The summed E-state index contributed by atoms with van der Waals surface area (Å²) in [6.45, 7) is 3.55. The van der Waals surface area contributed by atoms with Gasteiger partial charge in [0.15, 0.2) is 0 Å². The summed E-state index contributed by atoms with van der Waals surface area (Å²) < 4.78 is 7.59. The van der Waals surface area contributed by atoms with Gasteiger partial charge >= 0.3 is 0 Å². The molecule has 0 bridgehead atoms. The Kier molecular flexibility index (Phi) is 5.51. The van der Waals surface area contributed by atoms with Crippen molar-refractivity contribution in [1.82, 2.24) is 29.7 Å². The Morgan fingerprint density at radius 1 is 1.06 bits per heavy atom. The van der Waals surface area contributed by atoms with Crippen molar-refractivity contribution in [2.45, 2.75) is 19.4 Å². The van der Waals surface area contributed by atoms with E-state index in [-0.39, 0.29) is 11.9 Å². The van der Waals surface area contributed by atoms with E-state index in [1.54, 1.807) is 18.6 Å². The van der Waals surface area contributed by atoms with Gasteiger partial charge in [-0.1, -0.05) is 23.8 Å². The van der Waals surface area contributed by atoms with Gasteiger partial charge < -0.3 is 9.64 Å². The lowest BCUT2D eigenvalue weighted by atomic mass is 10.0. The molecule has 0 saturated carbocycles. The highest BCUT2D eigenvalue weighted by Gasteiger charge is 2.30. The minimum absolute atomic E-state index is 0.0301. The molecule has 8 heteroatoms. The van der Waals surface area contributed by atoms with Crippen molar-refractivity contribution in [2.75, 3.05) is 19.8 Å². The topological polar surface area (TPSA) is 78.1 Å². The lowest BCUT2D eigenvalue weighted by Gasteiger charge is -2.36. The second-order valence-electron chi connectivity index (χ2n) is 7.89. The number of hydrogen-bond acceptors (Lipinski definition) is 5. The van der Waals surface area contributed by atoms with Crippen molar-refractivity contribution < 1.29 is 9.53 Å². The summed E-state index contributed by atoms with van der Waals surface area (Å²) in [4.78, 5) is 17.1. The van der Waals surface area contributed by atoms with Gasteiger partial charge in [0.25, 0.3) is 5.91 Å². The van der Waals surface area contributed by atoms with Crippen LogP contribution in [0.4, 0.5) is 0 Å². The van der Waals surface area contributed by atoms with Crippen molar-refractivity contribution >= 4 is 5.91 Å². The Morgan fingerprint density at radius 3 is 2.75 bits per heavy atom. The summed E-state index contributed by atoms with van der Waals surface area (Å²) in [6.07, 6.45) is 7.59. The van der Waals surface area contributed by atoms with Crippen LogP contribution in [0.15, 0.2) is 73.3 Å². The van der Waals surface area contributed by atoms with Gasteiger partial charge in [0.05, 0.1) is 48.6 Å². The maximum absolute atomic E-state index is 13.7. The number of aromatic nitrogens is 5. The fourth-order valence-corrected chi connectivity index (χ4v) is 4.10. The molecular formula is C24H24N6O2. The monoisotopic (exact) mass is 428 g/mol. The molecule has 1 fully saturated rings. The first-order valence-electron chi connectivity index (χ1n) is 10.6. The standard InChI is InChI=1S/C24H24N6O2/c1-18-6-7-23(30-26-9-10-27-30)22(14-18)24(31)28-12-13-32-17-21(28)16-19-4-2-5-20(15-19)29-11-3-8-25-29/h2-11,14-15,21H,12-13,16-17H2,1H3. The minimum Gasteiger partial charge on any atom is -0.377 e.